The number of carbonyl (C=O) groups is 1. The highest BCUT2D eigenvalue weighted by Crippen LogP contribution is 2.18. The average Bonchev–Trinajstić information content (AvgIpc) is 3.02. The second kappa shape index (κ2) is 6.27. The third kappa shape index (κ3) is 3.34. The molecule has 0 radical (unpaired) electrons. The number of nitrogens with zero attached hydrogens (tertiary/aromatic N) is 2. The van der Waals surface area contributed by atoms with Gasteiger partial charge in [0.2, 0.25) is 5.89 Å². The molecule has 0 spiro atoms. The van der Waals surface area contributed by atoms with Gasteiger partial charge in [0.25, 0.3) is 5.89 Å². The molecule has 1 aromatic heterocycles. The van der Waals surface area contributed by atoms with E-state index in [9.17, 15) is 9.18 Å². The maximum atomic E-state index is 13.0. The van der Waals surface area contributed by atoms with E-state index in [1.165, 1.54) is 6.07 Å². The van der Waals surface area contributed by atoms with E-state index in [4.69, 9.17) is 14.9 Å². The van der Waals surface area contributed by atoms with E-state index in [1.54, 1.807) is 0 Å². The molecule has 0 aliphatic heterocycles. The highest BCUT2D eigenvalue weighted by molar-refractivity contribution is 5.94. The van der Waals surface area contributed by atoms with Crippen LogP contribution in [0.5, 0.6) is 0 Å². The minimum absolute atomic E-state index is 0.00510. The lowest BCUT2D eigenvalue weighted by molar-refractivity contribution is 0.0440. The fraction of sp³-hybridized carbons (Fsp3) is 0.0625. The van der Waals surface area contributed by atoms with Gasteiger partial charge in [-0.15, -0.1) is 10.2 Å². The first-order chi connectivity index (χ1) is 11.1. The number of nitrogens with two attached hydrogens (primary N) is 1. The lowest BCUT2D eigenvalue weighted by Crippen LogP contribution is -2.08. The fourth-order valence-corrected chi connectivity index (χ4v) is 1.93. The first kappa shape index (κ1) is 14.7. The van der Waals surface area contributed by atoms with E-state index in [1.807, 2.05) is 30.3 Å². The number of rotatable bonds is 4. The Bertz CT molecular complexity index is 834. The van der Waals surface area contributed by atoms with Gasteiger partial charge < -0.3 is 14.9 Å². The molecule has 1 heterocycles. The summed E-state index contributed by atoms with van der Waals surface area (Å²) in [5.41, 5.74) is 6.43. The predicted molar refractivity (Wildman–Crippen MR) is 79.7 cm³/mol. The summed E-state index contributed by atoms with van der Waals surface area (Å²) >= 11 is 0. The van der Waals surface area contributed by atoms with Gasteiger partial charge in [-0.25, -0.2) is 9.18 Å². The van der Waals surface area contributed by atoms with Crippen LogP contribution in [0.3, 0.4) is 0 Å². The smallest absolute Gasteiger partial charge is 0.340 e. The Morgan fingerprint density at radius 1 is 1.17 bits per heavy atom. The fourth-order valence-electron chi connectivity index (χ4n) is 1.93. The summed E-state index contributed by atoms with van der Waals surface area (Å²) in [5, 5.41) is 7.69. The quantitative estimate of drug-likeness (QED) is 0.588. The van der Waals surface area contributed by atoms with E-state index in [0.29, 0.717) is 5.89 Å². The summed E-state index contributed by atoms with van der Waals surface area (Å²) in [6, 6.07) is 12.6. The first-order valence-electron chi connectivity index (χ1n) is 6.73. The summed E-state index contributed by atoms with van der Waals surface area (Å²) in [6.45, 7) is -0.199. The van der Waals surface area contributed by atoms with Gasteiger partial charge in [-0.3, -0.25) is 0 Å². The normalized spacial score (nSPS) is 10.5. The summed E-state index contributed by atoms with van der Waals surface area (Å²) in [6.07, 6.45) is 0. The molecule has 0 bridgehead atoms. The Labute approximate surface area is 130 Å². The van der Waals surface area contributed by atoms with Gasteiger partial charge in [0.1, 0.15) is 5.82 Å². The molecule has 0 atom stereocenters. The molecule has 0 aliphatic rings. The van der Waals surface area contributed by atoms with Gasteiger partial charge in [0, 0.05) is 11.3 Å². The summed E-state index contributed by atoms with van der Waals surface area (Å²) in [4.78, 5) is 11.9. The summed E-state index contributed by atoms with van der Waals surface area (Å²) in [5.74, 6) is -0.735. The monoisotopic (exact) mass is 313 g/mol. The van der Waals surface area contributed by atoms with Gasteiger partial charge in [-0.2, -0.15) is 0 Å². The van der Waals surface area contributed by atoms with Crippen LogP contribution in [-0.4, -0.2) is 16.2 Å². The number of benzene rings is 2. The zero-order valence-electron chi connectivity index (χ0n) is 11.9. The molecule has 6 nitrogen and oxygen atoms in total. The largest absolute Gasteiger partial charge is 0.452 e. The molecule has 0 unspecified atom stereocenters. The minimum atomic E-state index is -0.693. The van der Waals surface area contributed by atoms with Gasteiger partial charge in [-0.1, -0.05) is 18.2 Å². The maximum absolute atomic E-state index is 13.0. The lowest BCUT2D eigenvalue weighted by Gasteiger charge is -2.05. The van der Waals surface area contributed by atoms with Gasteiger partial charge >= 0.3 is 5.97 Å². The number of esters is 1. The third-order valence-corrected chi connectivity index (χ3v) is 3.05. The molecule has 7 heteroatoms. The molecule has 0 saturated carbocycles. The van der Waals surface area contributed by atoms with Crippen molar-refractivity contribution in [3.63, 3.8) is 0 Å². The zero-order valence-corrected chi connectivity index (χ0v) is 11.9. The standard InChI is InChI=1S/C16H12FN3O3/c17-11-6-7-12(13(18)8-11)16(21)22-9-14-19-20-15(23-14)10-4-2-1-3-5-10/h1-8H,9,18H2. The molecular formula is C16H12FN3O3. The second-order valence-electron chi connectivity index (χ2n) is 4.67. The molecule has 2 N–H and O–H groups in total. The van der Waals surface area contributed by atoms with Crippen LogP contribution in [0.2, 0.25) is 0 Å². The summed E-state index contributed by atoms with van der Waals surface area (Å²) < 4.78 is 23.4. The van der Waals surface area contributed by atoms with Crippen LogP contribution in [-0.2, 0) is 11.3 Å². The number of aromatic nitrogens is 2. The van der Waals surface area contributed by atoms with Gasteiger partial charge in [0.05, 0.1) is 5.56 Å². The average molecular weight is 313 g/mol. The van der Waals surface area contributed by atoms with Crippen molar-refractivity contribution in [3.8, 4) is 11.5 Å². The molecule has 23 heavy (non-hydrogen) atoms. The van der Waals surface area contributed by atoms with Crippen LogP contribution in [0.1, 0.15) is 16.2 Å². The number of anilines is 1. The number of nitrogen functional groups attached to an aromatic ring is 1. The number of hydrogen-bond donors (Lipinski definition) is 1. The SMILES string of the molecule is Nc1cc(F)ccc1C(=O)OCc1nnc(-c2ccccc2)o1. The Balaban J connectivity index is 1.67. The highest BCUT2D eigenvalue weighted by Gasteiger charge is 2.14. The molecule has 3 aromatic rings. The third-order valence-electron chi connectivity index (χ3n) is 3.05. The Kier molecular flexibility index (Phi) is 4.01. The molecule has 116 valence electrons. The maximum Gasteiger partial charge on any atom is 0.340 e. The lowest BCUT2D eigenvalue weighted by atomic mass is 10.2. The number of hydrogen-bond acceptors (Lipinski definition) is 6. The molecule has 2 aromatic carbocycles. The van der Waals surface area contributed by atoms with E-state index in [-0.39, 0.29) is 23.7 Å². The van der Waals surface area contributed by atoms with Crippen molar-refractivity contribution < 1.29 is 18.3 Å². The molecule has 3 rings (SSSR count). The van der Waals surface area contributed by atoms with Crippen LogP contribution in [0.25, 0.3) is 11.5 Å². The predicted octanol–water partition coefficient (Wildman–Crippen LogP) is 2.81. The van der Waals surface area contributed by atoms with Crippen molar-refractivity contribution >= 4 is 11.7 Å². The van der Waals surface area contributed by atoms with Gasteiger partial charge in [0.15, 0.2) is 6.61 Å². The van der Waals surface area contributed by atoms with Crippen LogP contribution in [0, 0.1) is 5.82 Å². The highest BCUT2D eigenvalue weighted by atomic mass is 19.1. The van der Waals surface area contributed by atoms with Gasteiger partial charge in [-0.05, 0) is 30.3 Å². The topological polar surface area (TPSA) is 91.2 Å². The molecule has 0 fully saturated rings. The van der Waals surface area contributed by atoms with Crippen LogP contribution >= 0.6 is 0 Å². The number of ether oxygens (including phenoxy) is 1. The molecule has 0 saturated heterocycles. The number of carbonyl (C=O) groups excluding carboxylic acids is 1. The van der Waals surface area contributed by atoms with Crippen molar-refractivity contribution in [1.82, 2.24) is 10.2 Å². The van der Waals surface area contributed by atoms with Crippen LogP contribution < -0.4 is 5.73 Å². The Morgan fingerprint density at radius 2 is 1.96 bits per heavy atom. The van der Waals surface area contributed by atoms with Crippen molar-refractivity contribution in [1.29, 1.82) is 0 Å². The minimum Gasteiger partial charge on any atom is -0.452 e. The van der Waals surface area contributed by atoms with E-state index >= 15 is 0 Å². The van der Waals surface area contributed by atoms with E-state index in [2.05, 4.69) is 10.2 Å². The zero-order chi connectivity index (χ0) is 16.2. The van der Waals surface area contributed by atoms with Crippen molar-refractivity contribution in [3.05, 3.63) is 65.8 Å². The molecule has 0 amide bonds. The molecule has 0 aliphatic carbocycles. The summed E-state index contributed by atoms with van der Waals surface area (Å²) in [7, 11) is 0. The molecular weight excluding hydrogens is 301 g/mol. The second-order valence-corrected chi connectivity index (χ2v) is 4.67. The Hall–Kier alpha value is -3.22. The van der Waals surface area contributed by atoms with Crippen LogP contribution in [0.15, 0.2) is 52.9 Å². The van der Waals surface area contributed by atoms with Crippen molar-refractivity contribution in [2.45, 2.75) is 6.61 Å². The van der Waals surface area contributed by atoms with Crippen molar-refractivity contribution in [2.75, 3.05) is 5.73 Å². The van der Waals surface area contributed by atoms with Crippen molar-refractivity contribution in [2.24, 2.45) is 0 Å². The van der Waals surface area contributed by atoms with Crippen LogP contribution in [0.4, 0.5) is 10.1 Å². The first-order valence-corrected chi connectivity index (χ1v) is 6.73. The van der Waals surface area contributed by atoms with E-state index in [0.717, 1.165) is 17.7 Å². The number of halogens is 1. The Morgan fingerprint density at radius 3 is 2.70 bits per heavy atom. The van der Waals surface area contributed by atoms with E-state index < -0.39 is 11.8 Å².